The molecule has 1 fully saturated rings. The van der Waals surface area contributed by atoms with Crippen LogP contribution >= 0.6 is 0 Å². The van der Waals surface area contributed by atoms with Crippen LogP contribution in [-0.4, -0.2) is 55.7 Å². The van der Waals surface area contributed by atoms with Crippen molar-refractivity contribution < 1.29 is 9.53 Å². The number of ether oxygens (including phenoxy) is 1. The number of rotatable bonds is 6. The molecule has 0 aliphatic carbocycles. The van der Waals surface area contributed by atoms with E-state index in [1.807, 2.05) is 37.4 Å². The first kappa shape index (κ1) is 16.8. The zero-order valence-corrected chi connectivity index (χ0v) is 13.4. The lowest BCUT2D eigenvalue weighted by Crippen LogP contribution is -2.41. The highest BCUT2D eigenvalue weighted by atomic mass is 16.6. The summed E-state index contributed by atoms with van der Waals surface area (Å²) in [6, 6.07) is 9.76. The molecule has 1 aliphatic heterocycles. The number of carbonyl (C=O) groups excluding carboxylic acids is 1. The molecule has 1 heterocycles. The van der Waals surface area contributed by atoms with E-state index in [9.17, 15) is 4.79 Å². The monoisotopic (exact) mass is 305 g/mol. The maximum absolute atomic E-state index is 12.0. The van der Waals surface area contributed by atoms with E-state index in [0.29, 0.717) is 12.5 Å². The third-order valence-corrected chi connectivity index (χ3v) is 4.20. The van der Waals surface area contributed by atoms with Crippen LogP contribution in [0.4, 0.5) is 4.79 Å². The summed E-state index contributed by atoms with van der Waals surface area (Å²) in [6.45, 7) is 4.95. The van der Waals surface area contributed by atoms with Crippen molar-refractivity contribution >= 4 is 6.09 Å². The van der Waals surface area contributed by atoms with Crippen LogP contribution in [0.25, 0.3) is 0 Å². The van der Waals surface area contributed by atoms with Crippen molar-refractivity contribution in [2.24, 2.45) is 11.7 Å². The van der Waals surface area contributed by atoms with E-state index in [1.54, 1.807) is 4.90 Å². The molecule has 0 bridgehead atoms. The summed E-state index contributed by atoms with van der Waals surface area (Å²) in [5.41, 5.74) is 6.60. The van der Waals surface area contributed by atoms with Crippen LogP contribution in [0.1, 0.15) is 18.4 Å². The predicted octanol–water partition coefficient (Wildman–Crippen LogP) is 1.93. The van der Waals surface area contributed by atoms with Gasteiger partial charge in [0.15, 0.2) is 0 Å². The lowest BCUT2D eigenvalue weighted by Gasteiger charge is -2.33. The largest absolute Gasteiger partial charge is 0.445 e. The van der Waals surface area contributed by atoms with E-state index in [-0.39, 0.29) is 6.09 Å². The Hall–Kier alpha value is -1.59. The van der Waals surface area contributed by atoms with E-state index in [2.05, 4.69) is 4.90 Å². The summed E-state index contributed by atoms with van der Waals surface area (Å²) < 4.78 is 5.35. The molecule has 1 saturated heterocycles. The van der Waals surface area contributed by atoms with Crippen molar-refractivity contribution in [3.63, 3.8) is 0 Å². The lowest BCUT2D eigenvalue weighted by molar-refractivity contribution is 0.0913. The summed E-state index contributed by atoms with van der Waals surface area (Å²) in [5.74, 6) is 0.559. The maximum Gasteiger partial charge on any atom is 0.409 e. The summed E-state index contributed by atoms with van der Waals surface area (Å²) in [4.78, 5) is 16.1. The van der Waals surface area contributed by atoms with E-state index in [4.69, 9.17) is 10.5 Å². The lowest BCUT2D eigenvalue weighted by atomic mass is 9.96. The molecule has 22 heavy (non-hydrogen) atoms. The van der Waals surface area contributed by atoms with Gasteiger partial charge in [-0.1, -0.05) is 30.3 Å². The molecule has 1 aromatic rings. The van der Waals surface area contributed by atoms with Gasteiger partial charge in [0, 0.05) is 26.7 Å². The van der Waals surface area contributed by atoms with E-state index in [1.165, 1.54) is 0 Å². The average Bonchev–Trinajstić information content (AvgIpc) is 2.55. The average molecular weight is 305 g/mol. The minimum atomic E-state index is -0.242. The Balaban J connectivity index is 1.68. The van der Waals surface area contributed by atoms with Gasteiger partial charge in [0.25, 0.3) is 0 Å². The van der Waals surface area contributed by atoms with Crippen LogP contribution in [0.5, 0.6) is 0 Å². The van der Waals surface area contributed by atoms with E-state index in [0.717, 1.165) is 51.1 Å². The van der Waals surface area contributed by atoms with Crippen molar-refractivity contribution in [2.45, 2.75) is 19.4 Å². The van der Waals surface area contributed by atoms with Crippen molar-refractivity contribution in [1.82, 2.24) is 9.80 Å². The number of hydrogen-bond acceptors (Lipinski definition) is 4. The zero-order chi connectivity index (χ0) is 15.8. The fourth-order valence-corrected chi connectivity index (χ4v) is 2.87. The Kier molecular flexibility index (Phi) is 6.68. The van der Waals surface area contributed by atoms with Gasteiger partial charge in [0.2, 0.25) is 0 Å². The van der Waals surface area contributed by atoms with Crippen LogP contribution in [-0.2, 0) is 11.3 Å². The van der Waals surface area contributed by atoms with Crippen LogP contribution in [0, 0.1) is 5.92 Å². The molecule has 0 saturated carbocycles. The van der Waals surface area contributed by atoms with Gasteiger partial charge in [-0.05, 0) is 37.4 Å². The van der Waals surface area contributed by atoms with Gasteiger partial charge in [-0.15, -0.1) is 0 Å². The van der Waals surface area contributed by atoms with Gasteiger partial charge < -0.3 is 20.3 Å². The van der Waals surface area contributed by atoms with Gasteiger partial charge in [0.1, 0.15) is 6.61 Å². The molecule has 2 rings (SSSR count). The Bertz CT molecular complexity index is 444. The van der Waals surface area contributed by atoms with Crippen molar-refractivity contribution in [3.8, 4) is 0 Å². The molecule has 1 aliphatic rings. The minimum absolute atomic E-state index is 0.242. The number of hydrogen-bond donors (Lipinski definition) is 1. The molecule has 1 amide bonds. The van der Waals surface area contributed by atoms with Crippen molar-refractivity contribution in [3.05, 3.63) is 35.9 Å². The first-order chi connectivity index (χ1) is 10.7. The standard InChI is InChI=1S/C17H27N3O2/c1-19(13-15-7-10-20(11-8-15)12-9-18)17(21)22-14-16-5-3-2-4-6-16/h2-6,15H,7-14,18H2,1H3. The highest BCUT2D eigenvalue weighted by Gasteiger charge is 2.22. The third-order valence-electron chi connectivity index (χ3n) is 4.20. The fraction of sp³-hybridized carbons (Fsp3) is 0.588. The molecule has 0 unspecified atom stereocenters. The molecular formula is C17H27N3O2. The second kappa shape index (κ2) is 8.76. The minimum Gasteiger partial charge on any atom is -0.445 e. The number of piperidine rings is 1. The van der Waals surface area contributed by atoms with Gasteiger partial charge in [-0.3, -0.25) is 0 Å². The van der Waals surface area contributed by atoms with Crippen LogP contribution in [0.3, 0.4) is 0 Å². The quantitative estimate of drug-likeness (QED) is 0.872. The third kappa shape index (κ3) is 5.31. The molecule has 122 valence electrons. The second-order valence-electron chi connectivity index (χ2n) is 5.99. The second-order valence-corrected chi connectivity index (χ2v) is 5.99. The van der Waals surface area contributed by atoms with Gasteiger partial charge >= 0.3 is 6.09 Å². The number of amides is 1. The summed E-state index contributed by atoms with van der Waals surface area (Å²) in [6.07, 6.45) is 2.00. The highest BCUT2D eigenvalue weighted by molar-refractivity contribution is 5.67. The SMILES string of the molecule is CN(CC1CCN(CCN)CC1)C(=O)OCc1ccccc1. The number of benzene rings is 1. The Morgan fingerprint density at radius 3 is 2.64 bits per heavy atom. The number of likely N-dealkylation sites (tertiary alicyclic amines) is 1. The van der Waals surface area contributed by atoms with Crippen molar-refractivity contribution in [1.29, 1.82) is 0 Å². The van der Waals surface area contributed by atoms with Gasteiger partial charge in [-0.25, -0.2) is 4.79 Å². The van der Waals surface area contributed by atoms with Gasteiger partial charge in [0.05, 0.1) is 0 Å². The molecule has 0 spiro atoms. The van der Waals surface area contributed by atoms with Crippen LogP contribution in [0.2, 0.25) is 0 Å². The van der Waals surface area contributed by atoms with E-state index >= 15 is 0 Å². The normalized spacial score (nSPS) is 16.5. The van der Waals surface area contributed by atoms with Gasteiger partial charge in [-0.2, -0.15) is 0 Å². The molecule has 0 radical (unpaired) electrons. The molecule has 5 heteroatoms. The zero-order valence-electron chi connectivity index (χ0n) is 13.4. The first-order valence-corrected chi connectivity index (χ1v) is 8.03. The Labute approximate surface area is 133 Å². The Morgan fingerprint density at radius 2 is 2.00 bits per heavy atom. The molecule has 1 aromatic carbocycles. The summed E-state index contributed by atoms with van der Waals surface area (Å²) in [5, 5.41) is 0. The smallest absolute Gasteiger partial charge is 0.409 e. The van der Waals surface area contributed by atoms with Crippen LogP contribution < -0.4 is 5.73 Å². The number of nitrogens with zero attached hydrogens (tertiary/aromatic N) is 2. The summed E-state index contributed by atoms with van der Waals surface area (Å²) >= 11 is 0. The van der Waals surface area contributed by atoms with Crippen molar-refractivity contribution in [2.75, 3.05) is 39.8 Å². The molecule has 0 aromatic heterocycles. The first-order valence-electron chi connectivity index (χ1n) is 8.03. The number of carbonyl (C=O) groups is 1. The van der Waals surface area contributed by atoms with E-state index < -0.39 is 0 Å². The Morgan fingerprint density at radius 1 is 1.32 bits per heavy atom. The maximum atomic E-state index is 12.0. The molecule has 0 atom stereocenters. The predicted molar refractivity (Wildman–Crippen MR) is 87.5 cm³/mol. The molecule has 2 N–H and O–H groups in total. The topological polar surface area (TPSA) is 58.8 Å². The highest BCUT2D eigenvalue weighted by Crippen LogP contribution is 2.18. The summed E-state index contributed by atoms with van der Waals surface area (Å²) in [7, 11) is 1.82. The fourth-order valence-electron chi connectivity index (χ4n) is 2.87. The van der Waals surface area contributed by atoms with Crippen LogP contribution in [0.15, 0.2) is 30.3 Å². The molecular weight excluding hydrogens is 278 g/mol. The number of nitrogens with two attached hydrogens (primary N) is 1. The molecule has 5 nitrogen and oxygen atoms in total.